The molecule has 0 unspecified atom stereocenters. The van der Waals surface area contributed by atoms with E-state index in [1.807, 2.05) is 18.2 Å². The molecule has 0 aromatic heterocycles. The van der Waals surface area contributed by atoms with Gasteiger partial charge in [0.25, 0.3) is 0 Å². The van der Waals surface area contributed by atoms with Crippen LogP contribution in [0.15, 0.2) is 72.8 Å². The van der Waals surface area contributed by atoms with E-state index in [0.717, 1.165) is 6.42 Å². The van der Waals surface area contributed by atoms with Crippen LogP contribution in [0.25, 0.3) is 0 Å². The molecule has 0 saturated carbocycles. The molecule has 0 N–H and O–H groups in total. The van der Waals surface area contributed by atoms with Crippen molar-refractivity contribution in [2.24, 2.45) is 0 Å². The molecule has 29 heavy (non-hydrogen) atoms. The molecule has 0 saturated heterocycles. The van der Waals surface area contributed by atoms with E-state index in [9.17, 15) is 9.59 Å². The van der Waals surface area contributed by atoms with Gasteiger partial charge in [-0.15, -0.1) is 0 Å². The van der Waals surface area contributed by atoms with E-state index in [1.165, 1.54) is 0 Å². The number of ether oxygens (including phenoxy) is 3. The van der Waals surface area contributed by atoms with Crippen molar-refractivity contribution in [3.63, 3.8) is 0 Å². The topological polar surface area (TPSA) is 61.8 Å². The zero-order valence-electron chi connectivity index (χ0n) is 15.8. The zero-order valence-corrected chi connectivity index (χ0v) is 15.8. The highest BCUT2D eigenvalue weighted by atomic mass is 16.5. The number of rotatable bonds is 6. The highest BCUT2D eigenvalue weighted by molar-refractivity contribution is 6.09. The first-order chi connectivity index (χ1) is 14.2. The van der Waals surface area contributed by atoms with E-state index in [0.29, 0.717) is 47.2 Å². The van der Waals surface area contributed by atoms with Gasteiger partial charge < -0.3 is 14.2 Å². The third-order valence-electron chi connectivity index (χ3n) is 4.59. The van der Waals surface area contributed by atoms with Gasteiger partial charge in [-0.2, -0.15) is 0 Å². The van der Waals surface area contributed by atoms with Crippen molar-refractivity contribution in [1.29, 1.82) is 0 Å². The largest absolute Gasteiger partial charge is 0.490 e. The minimum absolute atomic E-state index is 0.0552. The Bertz CT molecular complexity index is 1010. The van der Waals surface area contributed by atoms with Crippen LogP contribution in [0.3, 0.4) is 0 Å². The standard InChI is InChI=1S/C24H20O5/c25-21(19-9-12-22-23(15-19)28-14-4-13-27-22)16-29-20-10-7-18(8-11-20)24(26)17-5-2-1-3-6-17/h1-3,5-12,15H,4,13-14,16H2. The van der Waals surface area contributed by atoms with Crippen LogP contribution in [0.1, 0.15) is 32.7 Å². The SMILES string of the molecule is O=C(COc1ccc(C(=O)c2ccccc2)cc1)c1ccc2c(c1)OCCCO2. The van der Waals surface area contributed by atoms with E-state index in [1.54, 1.807) is 54.6 Å². The number of hydrogen-bond donors (Lipinski definition) is 0. The predicted molar refractivity (Wildman–Crippen MR) is 108 cm³/mol. The van der Waals surface area contributed by atoms with Gasteiger partial charge in [-0.1, -0.05) is 30.3 Å². The molecule has 4 rings (SSSR count). The fourth-order valence-corrected chi connectivity index (χ4v) is 3.03. The Morgan fingerprint density at radius 1 is 0.759 bits per heavy atom. The van der Waals surface area contributed by atoms with Gasteiger partial charge in [-0.05, 0) is 42.5 Å². The van der Waals surface area contributed by atoms with Crippen LogP contribution in [-0.2, 0) is 0 Å². The Hall–Kier alpha value is -3.60. The lowest BCUT2D eigenvalue weighted by atomic mass is 10.0. The maximum absolute atomic E-state index is 12.5. The Balaban J connectivity index is 1.38. The highest BCUT2D eigenvalue weighted by Gasteiger charge is 2.15. The molecule has 0 fully saturated rings. The first-order valence-electron chi connectivity index (χ1n) is 9.46. The number of carbonyl (C=O) groups is 2. The van der Waals surface area contributed by atoms with Gasteiger partial charge in [0.15, 0.2) is 29.7 Å². The number of benzene rings is 3. The summed E-state index contributed by atoms with van der Waals surface area (Å²) in [5.74, 6) is 1.54. The Morgan fingerprint density at radius 2 is 1.41 bits per heavy atom. The van der Waals surface area contributed by atoms with E-state index in [2.05, 4.69) is 0 Å². The van der Waals surface area contributed by atoms with Crippen LogP contribution >= 0.6 is 0 Å². The molecule has 0 aliphatic carbocycles. The summed E-state index contributed by atoms with van der Waals surface area (Å²) in [7, 11) is 0. The molecular formula is C24H20O5. The number of Topliss-reactive ketones (excluding diaryl/α,β-unsaturated/α-hetero) is 1. The van der Waals surface area contributed by atoms with Gasteiger partial charge in [0.05, 0.1) is 13.2 Å². The molecule has 0 amide bonds. The summed E-state index contributed by atoms with van der Waals surface area (Å²) < 4.78 is 16.8. The molecule has 5 heteroatoms. The normalized spacial score (nSPS) is 12.7. The summed E-state index contributed by atoms with van der Waals surface area (Å²) in [6, 6.07) is 21.0. The fourth-order valence-electron chi connectivity index (χ4n) is 3.03. The van der Waals surface area contributed by atoms with E-state index in [4.69, 9.17) is 14.2 Å². The Kier molecular flexibility index (Phi) is 5.56. The van der Waals surface area contributed by atoms with Gasteiger partial charge in [0.1, 0.15) is 5.75 Å². The quantitative estimate of drug-likeness (QED) is 0.588. The average molecular weight is 388 g/mol. The summed E-state index contributed by atoms with van der Waals surface area (Å²) in [5, 5.41) is 0. The monoisotopic (exact) mass is 388 g/mol. The molecule has 0 bridgehead atoms. The van der Waals surface area contributed by atoms with E-state index >= 15 is 0 Å². The van der Waals surface area contributed by atoms with Crippen LogP contribution in [0.2, 0.25) is 0 Å². The van der Waals surface area contributed by atoms with Gasteiger partial charge in [-0.3, -0.25) is 9.59 Å². The maximum Gasteiger partial charge on any atom is 0.200 e. The molecular weight excluding hydrogens is 368 g/mol. The molecule has 146 valence electrons. The fraction of sp³-hybridized carbons (Fsp3) is 0.167. The summed E-state index contributed by atoms with van der Waals surface area (Å²) in [5.41, 5.74) is 1.70. The van der Waals surface area contributed by atoms with Crippen molar-refractivity contribution in [2.75, 3.05) is 19.8 Å². The Labute approximate surface area is 168 Å². The summed E-state index contributed by atoms with van der Waals surface area (Å²) >= 11 is 0. The van der Waals surface area contributed by atoms with Crippen molar-refractivity contribution >= 4 is 11.6 Å². The molecule has 1 aliphatic rings. The predicted octanol–water partition coefficient (Wildman–Crippen LogP) is 4.34. The minimum Gasteiger partial charge on any atom is -0.490 e. The van der Waals surface area contributed by atoms with Crippen LogP contribution < -0.4 is 14.2 Å². The minimum atomic E-state index is -0.162. The number of carbonyl (C=O) groups excluding carboxylic acids is 2. The summed E-state index contributed by atoms with van der Waals surface area (Å²) in [4.78, 5) is 24.9. The van der Waals surface area contributed by atoms with Gasteiger partial charge >= 0.3 is 0 Å². The molecule has 3 aromatic rings. The summed E-state index contributed by atoms with van der Waals surface area (Å²) in [6.07, 6.45) is 0.809. The average Bonchev–Trinajstić information content (AvgIpc) is 3.03. The van der Waals surface area contributed by atoms with Crippen LogP contribution in [0.4, 0.5) is 0 Å². The molecule has 5 nitrogen and oxygen atoms in total. The van der Waals surface area contributed by atoms with Crippen molar-refractivity contribution < 1.29 is 23.8 Å². The third-order valence-corrected chi connectivity index (χ3v) is 4.59. The molecule has 0 radical (unpaired) electrons. The molecule has 0 atom stereocenters. The smallest absolute Gasteiger partial charge is 0.200 e. The molecule has 1 aliphatic heterocycles. The van der Waals surface area contributed by atoms with E-state index in [-0.39, 0.29) is 18.2 Å². The Morgan fingerprint density at radius 3 is 2.17 bits per heavy atom. The zero-order chi connectivity index (χ0) is 20.1. The molecule has 1 heterocycles. The van der Waals surface area contributed by atoms with Crippen LogP contribution in [0, 0.1) is 0 Å². The molecule has 3 aromatic carbocycles. The highest BCUT2D eigenvalue weighted by Crippen LogP contribution is 2.30. The van der Waals surface area contributed by atoms with Crippen LogP contribution in [0.5, 0.6) is 17.2 Å². The second-order valence-electron chi connectivity index (χ2n) is 6.64. The molecule has 0 spiro atoms. The number of ketones is 2. The second-order valence-corrected chi connectivity index (χ2v) is 6.64. The van der Waals surface area contributed by atoms with Crippen molar-refractivity contribution in [3.8, 4) is 17.2 Å². The summed E-state index contributed by atoms with van der Waals surface area (Å²) in [6.45, 7) is 1.06. The number of fused-ring (bicyclic) bond motifs is 1. The van der Waals surface area contributed by atoms with Gasteiger partial charge in [0.2, 0.25) is 0 Å². The van der Waals surface area contributed by atoms with Crippen molar-refractivity contribution in [1.82, 2.24) is 0 Å². The van der Waals surface area contributed by atoms with Gasteiger partial charge in [-0.25, -0.2) is 0 Å². The van der Waals surface area contributed by atoms with Crippen molar-refractivity contribution in [3.05, 3.63) is 89.5 Å². The lowest BCUT2D eigenvalue weighted by Crippen LogP contribution is -2.12. The van der Waals surface area contributed by atoms with Crippen LogP contribution in [-0.4, -0.2) is 31.4 Å². The first-order valence-corrected chi connectivity index (χ1v) is 9.46. The lowest BCUT2D eigenvalue weighted by molar-refractivity contribution is 0.0920. The second kappa shape index (κ2) is 8.61. The third kappa shape index (κ3) is 4.46. The lowest BCUT2D eigenvalue weighted by Gasteiger charge is -2.10. The van der Waals surface area contributed by atoms with Crippen molar-refractivity contribution in [2.45, 2.75) is 6.42 Å². The first kappa shape index (κ1) is 18.7. The number of hydrogen-bond acceptors (Lipinski definition) is 5. The van der Waals surface area contributed by atoms with E-state index < -0.39 is 0 Å². The van der Waals surface area contributed by atoms with Gasteiger partial charge in [0, 0.05) is 23.1 Å². The maximum atomic E-state index is 12.5.